The lowest BCUT2D eigenvalue weighted by Gasteiger charge is -2.06. The lowest BCUT2D eigenvalue weighted by molar-refractivity contribution is -0.119. The number of Topliss-reactive ketones (excluding diaryl/α,β-unsaturated/α-hetero) is 1. The number of hydrogen-bond acceptors (Lipinski definition) is 2. The van der Waals surface area contributed by atoms with Gasteiger partial charge in [-0.05, 0) is 23.8 Å². The third kappa shape index (κ3) is 2.84. The van der Waals surface area contributed by atoms with Gasteiger partial charge in [0.15, 0.2) is 23.2 Å². The summed E-state index contributed by atoms with van der Waals surface area (Å²) < 4.78 is 41.8. The van der Waals surface area contributed by atoms with Gasteiger partial charge in [0.05, 0.1) is 12.1 Å². The van der Waals surface area contributed by atoms with Crippen LogP contribution in [0.15, 0.2) is 36.7 Å². The average molecular weight is 318 g/mol. The highest BCUT2D eigenvalue weighted by atomic mass is 19.2. The average Bonchev–Trinajstić information content (AvgIpc) is 2.85. The van der Waals surface area contributed by atoms with E-state index in [0.29, 0.717) is 23.1 Å². The van der Waals surface area contributed by atoms with Crippen LogP contribution in [0.5, 0.6) is 0 Å². The van der Waals surface area contributed by atoms with Gasteiger partial charge in [-0.15, -0.1) is 0 Å². The second-order valence-corrected chi connectivity index (χ2v) is 5.22. The minimum absolute atomic E-state index is 0.0415. The Kier molecular flexibility index (Phi) is 3.90. The van der Waals surface area contributed by atoms with Crippen LogP contribution in [-0.4, -0.2) is 15.3 Å². The summed E-state index contributed by atoms with van der Waals surface area (Å²) in [5.41, 5.74) is 1.51. The van der Waals surface area contributed by atoms with Gasteiger partial charge in [-0.25, -0.2) is 13.2 Å². The molecule has 0 spiro atoms. The van der Waals surface area contributed by atoms with Crippen molar-refractivity contribution >= 4 is 16.8 Å². The van der Waals surface area contributed by atoms with Crippen molar-refractivity contribution in [2.24, 2.45) is 0 Å². The van der Waals surface area contributed by atoms with E-state index in [-0.39, 0.29) is 17.8 Å². The number of ketones is 1. The summed E-state index contributed by atoms with van der Waals surface area (Å²) >= 11 is 0. The van der Waals surface area contributed by atoms with E-state index in [4.69, 9.17) is 0 Å². The van der Waals surface area contributed by atoms with Gasteiger partial charge in [-0.2, -0.15) is 0 Å². The van der Waals surface area contributed by atoms with Crippen LogP contribution < -0.4 is 0 Å². The minimum atomic E-state index is -0.967. The highest BCUT2D eigenvalue weighted by Crippen LogP contribution is 2.26. The first-order valence-corrected chi connectivity index (χ1v) is 7.11. The number of halogens is 3. The number of fused-ring (bicyclic) bond motifs is 1. The molecule has 3 rings (SSSR count). The van der Waals surface area contributed by atoms with Crippen molar-refractivity contribution in [3.05, 3.63) is 54.1 Å². The van der Waals surface area contributed by atoms with Gasteiger partial charge in [0, 0.05) is 24.4 Å². The molecule has 0 saturated carbocycles. The van der Waals surface area contributed by atoms with E-state index < -0.39 is 17.5 Å². The molecule has 1 aromatic carbocycles. The second-order valence-electron chi connectivity index (χ2n) is 5.22. The largest absolute Gasteiger partial charge is 0.336 e. The van der Waals surface area contributed by atoms with Gasteiger partial charge >= 0.3 is 0 Å². The van der Waals surface area contributed by atoms with Crippen LogP contribution in [-0.2, 0) is 11.3 Å². The van der Waals surface area contributed by atoms with Crippen molar-refractivity contribution in [2.45, 2.75) is 19.9 Å². The molecule has 0 radical (unpaired) electrons. The Labute approximate surface area is 130 Å². The van der Waals surface area contributed by atoms with E-state index >= 15 is 0 Å². The number of carbonyl (C=O) groups excluding carboxylic acids is 1. The molecule has 6 heteroatoms. The van der Waals surface area contributed by atoms with Crippen molar-refractivity contribution in [3.63, 3.8) is 0 Å². The van der Waals surface area contributed by atoms with Gasteiger partial charge in [0.2, 0.25) is 0 Å². The fraction of sp³-hybridized carbons (Fsp3) is 0.176. The highest BCUT2D eigenvalue weighted by Gasteiger charge is 2.13. The Bertz CT molecular complexity index is 902. The zero-order valence-electron chi connectivity index (χ0n) is 12.3. The maximum absolute atomic E-state index is 13.9. The number of pyridine rings is 1. The van der Waals surface area contributed by atoms with Gasteiger partial charge in [-0.1, -0.05) is 13.0 Å². The molecule has 0 aliphatic heterocycles. The van der Waals surface area contributed by atoms with E-state index in [9.17, 15) is 18.0 Å². The zero-order valence-corrected chi connectivity index (χ0v) is 12.3. The number of hydrogen-bond donors (Lipinski definition) is 0. The summed E-state index contributed by atoms with van der Waals surface area (Å²) in [5, 5.41) is 0. The van der Waals surface area contributed by atoms with Crippen molar-refractivity contribution in [1.82, 2.24) is 9.55 Å². The number of benzene rings is 1. The molecule has 0 aliphatic rings. The SMILES string of the molecule is CCC(=O)Cn1cc(F)c2ncc(-c3ccc(F)c(F)c3)cc21. The summed E-state index contributed by atoms with van der Waals surface area (Å²) in [6, 6.07) is 5.11. The smallest absolute Gasteiger partial charge is 0.167 e. The Morgan fingerprint density at radius 3 is 2.57 bits per heavy atom. The Hall–Kier alpha value is -2.63. The molecule has 2 aromatic heterocycles. The first kappa shape index (κ1) is 15.3. The summed E-state index contributed by atoms with van der Waals surface area (Å²) in [6.07, 6.45) is 2.96. The lowest BCUT2D eigenvalue weighted by atomic mass is 10.1. The molecule has 23 heavy (non-hydrogen) atoms. The van der Waals surface area contributed by atoms with Crippen LogP contribution in [0.3, 0.4) is 0 Å². The molecule has 118 valence electrons. The molecule has 0 N–H and O–H groups in total. The Morgan fingerprint density at radius 1 is 1.09 bits per heavy atom. The summed E-state index contributed by atoms with van der Waals surface area (Å²) in [7, 11) is 0. The molecular weight excluding hydrogens is 305 g/mol. The van der Waals surface area contributed by atoms with Crippen LogP contribution in [0.25, 0.3) is 22.2 Å². The number of carbonyl (C=O) groups is 1. The fourth-order valence-electron chi connectivity index (χ4n) is 2.39. The van der Waals surface area contributed by atoms with Crippen LogP contribution >= 0.6 is 0 Å². The van der Waals surface area contributed by atoms with E-state index in [0.717, 1.165) is 12.1 Å². The lowest BCUT2D eigenvalue weighted by Crippen LogP contribution is -2.07. The van der Waals surface area contributed by atoms with Crippen molar-refractivity contribution in [2.75, 3.05) is 0 Å². The molecule has 0 amide bonds. The third-order valence-electron chi connectivity index (χ3n) is 3.67. The van der Waals surface area contributed by atoms with Crippen molar-refractivity contribution < 1.29 is 18.0 Å². The topological polar surface area (TPSA) is 34.9 Å². The molecule has 0 unspecified atom stereocenters. The molecule has 0 bridgehead atoms. The standard InChI is InChI=1S/C17H13F3N2O/c1-2-12(23)8-22-9-15(20)17-16(22)6-11(7-21-17)10-3-4-13(18)14(19)5-10/h3-7,9H,2,8H2,1H3. The summed E-state index contributed by atoms with van der Waals surface area (Å²) in [4.78, 5) is 15.7. The molecular formula is C17H13F3N2O. The molecule has 2 heterocycles. The first-order valence-electron chi connectivity index (χ1n) is 7.11. The van der Waals surface area contributed by atoms with E-state index in [2.05, 4.69) is 4.98 Å². The van der Waals surface area contributed by atoms with Crippen LogP contribution in [0.1, 0.15) is 13.3 Å². The van der Waals surface area contributed by atoms with Gasteiger partial charge in [0.1, 0.15) is 5.52 Å². The van der Waals surface area contributed by atoms with Crippen LogP contribution in [0.2, 0.25) is 0 Å². The molecule has 3 nitrogen and oxygen atoms in total. The third-order valence-corrected chi connectivity index (χ3v) is 3.67. The van der Waals surface area contributed by atoms with Crippen molar-refractivity contribution in [3.8, 4) is 11.1 Å². The molecule has 0 atom stereocenters. The van der Waals surface area contributed by atoms with E-state index in [1.165, 1.54) is 23.0 Å². The molecule has 0 aliphatic carbocycles. The highest BCUT2D eigenvalue weighted by molar-refractivity contribution is 5.85. The Balaban J connectivity index is 2.11. The number of rotatable bonds is 4. The zero-order chi connectivity index (χ0) is 16.6. The van der Waals surface area contributed by atoms with E-state index in [1.54, 1.807) is 13.0 Å². The monoisotopic (exact) mass is 318 g/mol. The van der Waals surface area contributed by atoms with Crippen LogP contribution in [0, 0.1) is 17.5 Å². The predicted molar refractivity (Wildman–Crippen MR) is 80.3 cm³/mol. The van der Waals surface area contributed by atoms with Gasteiger partial charge < -0.3 is 4.57 Å². The number of aromatic nitrogens is 2. The first-order chi connectivity index (χ1) is 11.0. The van der Waals surface area contributed by atoms with Gasteiger partial charge in [0.25, 0.3) is 0 Å². The molecule has 0 saturated heterocycles. The molecule has 3 aromatic rings. The maximum atomic E-state index is 13.9. The van der Waals surface area contributed by atoms with Crippen LogP contribution in [0.4, 0.5) is 13.2 Å². The Morgan fingerprint density at radius 2 is 1.87 bits per heavy atom. The minimum Gasteiger partial charge on any atom is -0.336 e. The normalized spacial score (nSPS) is 11.1. The molecule has 0 fully saturated rings. The van der Waals surface area contributed by atoms with E-state index in [1.807, 2.05) is 0 Å². The predicted octanol–water partition coefficient (Wildman–Crippen LogP) is 4.10. The summed E-state index contributed by atoms with van der Waals surface area (Å²) in [6.45, 7) is 1.77. The summed E-state index contributed by atoms with van der Waals surface area (Å²) in [5.74, 6) is -2.48. The maximum Gasteiger partial charge on any atom is 0.167 e. The fourth-order valence-corrected chi connectivity index (χ4v) is 2.39. The van der Waals surface area contributed by atoms with Crippen molar-refractivity contribution in [1.29, 1.82) is 0 Å². The van der Waals surface area contributed by atoms with Gasteiger partial charge in [-0.3, -0.25) is 9.78 Å². The quantitative estimate of drug-likeness (QED) is 0.726. The number of nitrogens with zero attached hydrogens (tertiary/aromatic N) is 2. The second kappa shape index (κ2) is 5.87.